The summed E-state index contributed by atoms with van der Waals surface area (Å²) in [7, 11) is 3.37. The molecule has 3 rings (SSSR count). The van der Waals surface area contributed by atoms with Gasteiger partial charge in [-0.1, -0.05) is 6.08 Å². The Balaban J connectivity index is 0.000000757. The number of nitrogens with zero attached hydrogens (tertiary/aromatic N) is 1. The molecule has 0 aromatic heterocycles. The van der Waals surface area contributed by atoms with Crippen LogP contribution in [0, 0.1) is 14.4 Å². The Bertz CT molecular complexity index is 1080. The van der Waals surface area contributed by atoms with Crippen molar-refractivity contribution in [1.29, 1.82) is 0 Å². The van der Waals surface area contributed by atoms with Crippen molar-refractivity contribution in [3.05, 3.63) is 116 Å². The van der Waals surface area contributed by atoms with Gasteiger partial charge in [0.25, 0.3) is 0 Å². The van der Waals surface area contributed by atoms with Gasteiger partial charge in [0.15, 0.2) is 0 Å². The van der Waals surface area contributed by atoms with Crippen LogP contribution < -0.4 is 40.1 Å². The molecule has 1 aliphatic carbocycles. The second kappa shape index (κ2) is 17.4. The molecule has 182 valence electrons. The number of ether oxygens (including phenoxy) is 1. The molecule has 0 bridgehead atoms. The number of thioether (sulfide) groups is 1. The molecule has 2 aliphatic rings. The van der Waals surface area contributed by atoms with Crippen LogP contribution in [0.4, 0.5) is 0 Å². The monoisotopic (exact) mass is 594 g/mol. The number of methoxy groups -OCH3 is 1. The van der Waals surface area contributed by atoms with E-state index in [9.17, 15) is 9.59 Å². The first-order valence-corrected chi connectivity index (χ1v) is 13.4. The molecule has 1 aliphatic heterocycles. The van der Waals surface area contributed by atoms with Crippen LogP contribution in [-0.4, -0.2) is 31.3 Å². The summed E-state index contributed by atoms with van der Waals surface area (Å²) in [6, 6.07) is 9.15. The molecule has 0 saturated heterocycles. The van der Waals surface area contributed by atoms with Crippen LogP contribution in [0.25, 0.3) is 0 Å². The van der Waals surface area contributed by atoms with Gasteiger partial charge in [-0.2, -0.15) is 18.6 Å². The number of ketones is 1. The maximum absolute atomic E-state index is 12.9. The fourth-order valence-corrected chi connectivity index (χ4v) is 6.15. The molecular formula is C28H30ILiNO3S-3. The molecule has 0 saturated carbocycles. The Hall–Kier alpha value is -1.98. The molecule has 4 nitrogen and oxygen atoms in total. The molecule has 35 heavy (non-hydrogen) atoms. The Labute approximate surface area is 236 Å². The topological polar surface area (TPSA) is 55.7 Å². The van der Waals surface area contributed by atoms with E-state index in [1.807, 2.05) is 49.6 Å². The SMILES string of the molecule is C=C[I-]/C(C(=O)c1ccccc1)=C1\C(=NC)SC([C-]=O)=C1C.[CH2-]C1=C/C=C\CC/C(OC)=C\1.[CH3-].[Li+]. The molecule has 1 heterocycles. The molecule has 0 unspecified atom stereocenters. The average molecular weight is 594 g/mol. The first-order valence-electron chi connectivity index (χ1n) is 10.2. The summed E-state index contributed by atoms with van der Waals surface area (Å²) in [5.74, 6) is 0.993. The third-order valence-corrected chi connectivity index (χ3v) is 7.94. The van der Waals surface area contributed by atoms with Gasteiger partial charge < -0.3 is 12.2 Å². The second-order valence-electron chi connectivity index (χ2n) is 6.86. The molecule has 1 aromatic carbocycles. The van der Waals surface area contributed by atoms with Crippen LogP contribution in [0.2, 0.25) is 0 Å². The smallest absolute Gasteiger partial charge is 0.514 e. The number of rotatable bonds is 6. The van der Waals surface area contributed by atoms with Crippen molar-refractivity contribution in [2.24, 2.45) is 4.99 Å². The Morgan fingerprint density at radius 3 is 2.57 bits per heavy atom. The fraction of sp³-hybridized carbons (Fsp3) is 0.179. The maximum atomic E-state index is 12.9. The molecule has 0 spiro atoms. The second-order valence-corrected chi connectivity index (χ2v) is 10.4. The first-order chi connectivity index (χ1) is 16.0. The minimum atomic E-state index is -0.666. The third kappa shape index (κ3) is 9.53. The fourth-order valence-electron chi connectivity index (χ4n) is 3.02. The van der Waals surface area contributed by atoms with Gasteiger partial charge in [0, 0.05) is 5.76 Å². The van der Waals surface area contributed by atoms with Crippen molar-refractivity contribution in [2.75, 3.05) is 14.2 Å². The van der Waals surface area contributed by atoms with E-state index in [1.54, 1.807) is 30.4 Å². The van der Waals surface area contributed by atoms with Crippen LogP contribution in [0.15, 0.2) is 101 Å². The minimum Gasteiger partial charge on any atom is -0.514 e. The quantitative estimate of drug-likeness (QED) is 0.159. The summed E-state index contributed by atoms with van der Waals surface area (Å²) in [5.41, 5.74) is 3.20. The van der Waals surface area contributed by atoms with E-state index in [1.165, 1.54) is 11.8 Å². The van der Waals surface area contributed by atoms with Crippen LogP contribution in [0.5, 0.6) is 0 Å². The van der Waals surface area contributed by atoms with Crippen molar-refractivity contribution in [2.45, 2.75) is 19.8 Å². The van der Waals surface area contributed by atoms with Gasteiger partial charge in [0.05, 0.1) is 7.11 Å². The minimum absolute atomic E-state index is 0. The zero-order valence-electron chi connectivity index (χ0n) is 21.1. The van der Waals surface area contributed by atoms with Gasteiger partial charge in [-0.3, -0.25) is 0 Å². The van der Waals surface area contributed by atoms with Gasteiger partial charge >= 0.3 is 164 Å². The van der Waals surface area contributed by atoms with Crippen molar-refractivity contribution in [1.82, 2.24) is 0 Å². The van der Waals surface area contributed by atoms with Gasteiger partial charge in [-0.25, -0.2) is 0 Å². The van der Waals surface area contributed by atoms with Crippen molar-refractivity contribution >= 4 is 28.9 Å². The van der Waals surface area contributed by atoms with Gasteiger partial charge in [-0.15, -0.1) is 12.2 Å². The van der Waals surface area contributed by atoms with E-state index in [2.05, 4.69) is 24.6 Å². The largest absolute Gasteiger partial charge is 1.00 e. The standard InChI is InChI=1S/C17H14INO2S.C10H13O.CH3.Li/c1-4-18-15(16(21)12-8-6-5-7-9-12)14-11(2)13(10-20)22-17(14)19-3;1-9-6-4-3-5-7-10(8-9)11-2;;/h4-9H,1H2,2-3H3;3-4,6,8H,1,5,7H2,2H3;1H3;/q-2;2*-1;+1/b15-14-,19-17?;4-3-,9-6-,10-8+;;. The zero-order chi connectivity index (χ0) is 24.2. The third-order valence-electron chi connectivity index (χ3n) is 4.68. The van der Waals surface area contributed by atoms with Gasteiger partial charge in [-0.05, 0) is 12.8 Å². The van der Waals surface area contributed by atoms with E-state index in [0.717, 1.165) is 38.9 Å². The average Bonchev–Trinajstić information content (AvgIpc) is 3.15. The Morgan fingerprint density at radius 2 is 2.00 bits per heavy atom. The number of halogens is 1. The molecule has 0 atom stereocenters. The van der Waals surface area contributed by atoms with E-state index in [4.69, 9.17) is 4.74 Å². The molecule has 0 fully saturated rings. The summed E-state index contributed by atoms with van der Waals surface area (Å²) >= 11 is 0.606. The van der Waals surface area contributed by atoms with Crippen LogP contribution in [-0.2, 0) is 9.53 Å². The van der Waals surface area contributed by atoms with E-state index < -0.39 is 21.2 Å². The van der Waals surface area contributed by atoms with E-state index in [-0.39, 0.29) is 32.1 Å². The van der Waals surface area contributed by atoms with Crippen molar-refractivity contribution in [3.63, 3.8) is 0 Å². The van der Waals surface area contributed by atoms with Gasteiger partial charge in [0.1, 0.15) is 0 Å². The predicted molar refractivity (Wildman–Crippen MR) is 141 cm³/mol. The summed E-state index contributed by atoms with van der Waals surface area (Å²) in [6.45, 7) is 9.48. The molecular weight excluding hydrogens is 564 g/mol. The number of allylic oxidation sites excluding steroid dienone is 9. The predicted octanol–water partition coefficient (Wildman–Crippen LogP) is 0.596. The number of hydrogen-bond acceptors (Lipinski definition) is 5. The van der Waals surface area contributed by atoms with E-state index in [0.29, 0.717) is 15.5 Å². The zero-order valence-corrected chi connectivity index (χ0v) is 24.0. The van der Waals surface area contributed by atoms with Crippen LogP contribution in [0.1, 0.15) is 30.1 Å². The number of aliphatic imine (C=N–C) groups is 1. The maximum Gasteiger partial charge on any atom is 1.00 e. The molecule has 0 radical (unpaired) electrons. The summed E-state index contributed by atoms with van der Waals surface area (Å²) < 4.78 is 7.66. The molecule has 0 N–H and O–H groups in total. The number of carbonyl (C=O) groups excluding carboxylic acids is 2. The van der Waals surface area contributed by atoms with E-state index >= 15 is 0 Å². The summed E-state index contributed by atoms with van der Waals surface area (Å²) in [6.07, 6.45) is 12.1. The summed E-state index contributed by atoms with van der Waals surface area (Å²) in [4.78, 5) is 28.7. The summed E-state index contributed by atoms with van der Waals surface area (Å²) in [5, 5.41) is 0.705. The number of Topliss-reactive ketones (excluding diaryl/α,β-unsaturated/α-hetero) is 1. The Kier molecular flexibility index (Phi) is 16.5. The van der Waals surface area contributed by atoms with Crippen LogP contribution in [0.3, 0.4) is 0 Å². The molecule has 0 amide bonds. The molecule has 1 aromatic rings. The number of carbonyl (C=O) groups is 1. The number of hydrogen-bond donors (Lipinski definition) is 0. The normalized spacial score (nSPS) is 21.3. The van der Waals surface area contributed by atoms with Crippen molar-refractivity contribution in [3.8, 4) is 0 Å². The van der Waals surface area contributed by atoms with Gasteiger partial charge in [0.2, 0.25) is 0 Å². The molecule has 7 heteroatoms. The van der Waals surface area contributed by atoms with Crippen LogP contribution >= 0.6 is 11.8 Å². The first kappa shape index (κ1) is 33.0. The Morgan fingerprint density at radius 1 is 1.31 bits per heavy atom. The van der Waals surface area contributed by atoms with Crippen molar-refractivity contribution < 1.29 is 54.4 Å². The number of benzene rings is 1.